The summed E-state index contributed by atoms with van der Waals surface area (Å²) in [6, 6.07) is 1.44. The first-order chi connectivity index (χ1) is 19.4. The molecule has 0 aliphatic carbocycles. The van der Waals surface area contributed by atoms with Gasteiger partial charge in [-0.2, -0.15) is 4.98 Å². The zero-order valence-corrected chi connectivity index (χ0v) is 28.5. The predicted octanol–water partition coefficient (Wildman–Crippen LogP) is 5.43. The molecule has 0 aliphatic heterocycles. The van der Waals surface area contributed by atoms with E-state index in [0.29, 0.717) is 19.6 Å². The number of allylic oxidation sites excluding steroid dienone is 2. The molecule has 4 N–H and O–H groups in total. The van der Waals surface area contributed by atoms with Gasteiger partial charge in [0.25, 0.3) is 0 Å². The summed E-state index contributed by atoms with van der Waals surface area (Å²) in [5.74, 6) is 0.0861. The molecule has 1 aromatic heterocycles. The number of hydrogen-bond acceptors (Lipinski definition) is 8. The number of anilines is 1. The minimum absolute atomic E-state index is 0. The second-order valence-corrected chi connectivity index (χ2v) is 12.1. The SMILES string of the molecule is CCCCCCCC/C=C\CCCCCCCCOCCCOP(=O)(O)CO[C@H](CO)Cn1ccc(N)nc1=O.[Na]. The molecule has 1 rings (SSSR count). The summed E-state index contributed by atoms with van der Waals surface area (Å²) < 4.78 is 29.4. The Balaban J connectivity index is 0.0000160. The van der Waals surface area contributed by atoms with E-state index in [1.165, 1.54) is 93.9 Å². The van der Waals surface area contributed by atoms with Gasteiger partial charge in [-0.3, -0.25) is 9.13 Å². The van der Waals surface area contributed by atoms with Crippen LogP contribution in [-0.4, -0.2) is 88.0 Å². The maximum absolute atomic E-state index is 12.2. The average Bonchev–Trinajstić information content (AvgIpc) is 2.93. The van der Waals surface area contributed by atoms with Crippen LogP contribution in [-0.2, 0) is 25.1 Å². The number of ether oxygens (including phenoxy) is 2. The Morgan fingerprint density at radius 1 is 0.951 bits per heavy atom. The number of nitrogens with two attached hydrogens (primary N) is 1. The summed E-state index contributed by atoms with van der Waals surface area (Å²) >= 11 is 0. The van der Waals surface area contributed by atoms with Gasteiger partial charge in [0, 0.05) is 49.0 Å². The minimum Gasteiger partial charge on any atom is -0.394 e. The normalized spacial score (nSPS) is 13.7. The third-order valence-electron chi connectivity index (χ3n) is 6.50. The standard InChI is InChI=1S/C29H54N3O7P.Na/c1-2-3-4-5-6-7-8-9-10-11-12-13-14-15-16-17-21-37-22-18-23-39-40(35,36)26-38-27(25-33)24-32-20-19-28(30)31-29(32)34;/h9-10,19-20,27,33H,2-8,11-18,21-26H2,1H3,(H,35,36)(H2,30,31,34);/b10-9-;/t27-;/m0./s1. The van der Waals surface area contributed by atoms with Crippen molar-refractivity contribution in [2.45, 2.75) is 116 Å². The van der Waals surface area contributed by atoms with Crippen LogP contribution in [0.5, 0.6) is 0 Å². The molecule has 0 aliphatic rings. The molecular formula is C29H54N3NaO7P. The smallest absolute Gasteiger partial charge is 0.353 e. The first-order valence-electron chi connectivity index (χ1n) is 15.1. The molecule has 0 spiro atoms. The molecule has 0 fully saturated rings. The van der Waals surface area contributed by atoms with Crippen molar-refractivity contribution in [3.63, 3.8) is 0 Å². The van der Waals surface area contributed by atoms with Gasteiger partial charge in [0.1, 0.15) is 12.2 Å². The van der Waals surface area contributed by atoms with Crippen LogP contribution in [0.4, 0.5) is 5.82 Å². The summed E-state index contributed by atoms with van der Waals surface area (Å²) in [6.07, 6.45) is 22.9. The van der Waals surface area contributed by atoms with Gasteiger partial charge >= 0.3 is 13.3 Å². The fraction of sp³-hybridized carbons (Fsp3) is 0.793. The molecule has 0 aromatic carbocycles. The van der Waals surface area contributed by atoms with Crippen LogP contribution >= 0.6 is 7.60 Å². The van der Waals surface area contributed by atoms with Crippen molar-refractivity contribution in [3.05, 3.63) is 34.9 Å². The third-order valence-corrected chi connectivity index (χ3v) is 7.56. The Bertz CT molecular complexity index is 888. The van der Waals surface area contributed by atoms with Gasteiger partial charge in [0.15, 0.2) is 0 Å². The van der Waals surface area contributed by atoms with Gasteiger partial charge in [-0.15, -0.1) is 0 Å². The number of rotatable bonds is 27. The molecule has 2 atom stereocenters. The second-order valence-electron chi connectivity index (χ2n) is 10.3. The van der Waals surface area contributed by atoms with Crippen LogP contribution in [0.25, 0.3) is 0 Å². The maximum atomic E-state index is 12.2. The first-order valence-corrected chi connectivity index (χ1v) is 16.9. The molecule has 1 unspecified atom stereocenters. The van der Waals surface area contributed by atoms with Gasteiger partial charge in [0.2, 0.25) is 0 Å². The number of aromatic nitrogens is 2. The summed E-state index contributed by atoms with van der Waals surface area (Å²) in [4.78, 5) is 25.3. The van der Waals surface area contributed by atoms with Gasteiger partial charge in [-0.05, 0) is 44.6 Å². The van der Waals surface area contributed by atoms with E-state index in [-0.39, 0.29) is 48.5 Å². The van der Waals surface area contributed by atoms with E-state index in [1.807, 2.05) is 0 Å². The van der Waals surface area contributed by atoms with Crippen LogP contribution in [0.2, 0.25) is 0 Å². The molecule has 0 saturated heterocycles. The number of hydrogen-bond donors (Lipinski definition) is 3. The van der Waals surface area contributed by atoms with Crippen LogP contribution in [0.1, 0.15) is 103 Å². The Labute approximate surface area is 269 Å². The molecule has 1 aromatic rings. The summed E-state index contributed by atoms with van der Waals surface area (Å²) in [5.41, 5.74) is 4.86. The Morgan fingerprint density at radius 3 is 2.15 bits per heavy atom. The molecule has 1 radical (unpaired) electrons. The van der Waals surface area contributed by atoms with E-state index in [2.05, 4.69) is 24.1 Å². The van der Waals surface area contributed by atoms with Crippen molar-refractivity contribution >= 4 is 43.0 Å². The minimum atomic E-state index is -4.00. The molecule has 12 heteroatoms. The van der Waals surface area contributed by atoms with E-state index in [0.717, 1.165) is 12.8 Å². The van der Waals surface area contributed by atoms with E-state index >= 15 is 0 Å². The summed E-state index contributed by atoms with van der Waals surface area (Å²) in [6.45, 7) is 2.98. The largest absolute Gasteiger partial charge is 0.394 e. The topological polar surface area (TPSA) is 146 Å². The number of aliphatic hydroxyl groups excluding tert-OH is 1. The zero-order valence-electron chi connectivity index (χ0n) is 25.6. The third kappa shape index (κ3) is 23.6. The summed E-state index contributed by atoms with van der Waals surface area (Å²) in [5, 5.41) is 9.47. The first kappa shape index (κ1) is 40.5. The van der Waals surface area contributed by atoms with Crippen molar-refractivity contribution in [1.29, 1.82) is 0 Å². The molecule has 233 valence electrons. The number of nitrogens with zero attached hydrogens (tertiary/aromatic N) is 2. The zero-order chi connectivity index (χ0) is 29.3. The maximum Gasteiger partial charge on any atom is 0.353 e. The number of nitrogen functional groups attached to an aromatic ring is 1. The van der Waals surface area contributed by atoms with Gasteiger partial charge < -0.3 is 29.7 Å². The Hall–Kier alpha value is -0.550. The molecule has 0 amide bonds. The second kappa shape index (κ2) is 27.0. The number of aliphatic hydroxyl groups is 1. The van der Waals surface area contributed by atoms with E-state index < -0.39 is 32.3 Å². The van der Waals surface area contributed by atoms with E-state index in [9.17, 15) is 19.4 Å². The quantitative estimate of drug-likeness (QED) is 0.0514. The van der Waals surface area contributed by atoms with E-state index in [1.54, 1.807) is 0 Å². The monoisotopic (exact) mass is 610 g/mol. The Kier molecular flexibility index (Phi) is 26.7. The van der Waals surface area contributed by atoms with Crippen molar-refractivity contribution < 1.29 is 28.6 Å². The van der Waals surface area contributed by atoms with E-state index in [4.69, 9.17) is 19.7 Å². The molecule has 0 bridgehead atoms. The van der Waals surface area contributed by atoms with Gasteiger partial charge in [-0.1, -0.05) is 76.9 Å². The van der Waals surface area contributed by atoms with Crippen molar-refractivity contribution in [1.82, 2.24) is 9.55 Å². The van der Waals surface area contributed by atoms with Crippen LogP contribution < -0.4 is 11.4 Å². The average molecular weight is 611 g/mol. The van der Waals surface area contributed by atoms with Crippen molar-refractivity contribution in [2.24, 2.45) is 0 Å². The molecule has 10 nitrogen and oxygen atoms in total. The Morgan fingerprint density at radius 2 is 1.54 bits per heavy atom. The fourth-order valence-corrected chi connectivity index (χ4v) is 5.01. The van der Waals surface area contributed by atoms with Crippen molar-refractivity contribution in [2.75, 3.05) is 38.5 Å². The molecular weight excluding hydrogens is 556 g/mol. The molecule has 1 heterocycles. The van der Waals surface area contributed by atoms with Crippen LogP contribution in [0.3, 0.4) is 0 Å². The van der Waals surface area contributed by atoms with Gasteiger partial charge in [-0.25, -0.2) is 4.79 Å². The predicted molar refractivity (Wildman–Crippen MR) is 166 cm³/mol. The van der Waals surface area contributed by atoms with Crippen LogP contribution in [0.15, 0.2) is 29.2 Å². The van der Waals surface area contributed by atoms with Gasteiger partial charge in [0.05, 0.1) is 25.9 Å². The van der Waals surface area contributed by atoms with Crippen molar-refractivity contribution in [3.8, 4) is 0 Å². The molecule has 0 saturated carbocycles. The molecule has 41 heavy (non-hydrogen) atoms. The van der Waals surface area contributed by atoms with Crippen LogP contribution in [0, 0.1) is 0 Å². The number of unbranched alkanes of at least 4 members (excludes halogenated alkanes) is 12. The fourth-order valence-electron chi connectivity index (χ4n) is 4.12. The summed E-state index contributed by atoms with van der Waals surface area (Å²) in [7, 11) is -4.00.